The predicted octanol–water partition coefficient (Wildman–Crippen LogP) is 3.22. The third kappa shape index (κ3) is 1.80. The second-order valence-electron chi connectivity index (χ2n) is 4.47. The lowest BCUT2D eigenvalue weighted by molar-refractivity contribution is 0.151. The maximum Gasteiger partial charge on any atom is 0.0658 e. The normalized spacial score (nSPS) is 36.4. The zero-order valence-electron chi connectivity index (χ0n) is 8.38. The summed E-state index contributed by atoms with van der Waals surface area (Å²) >= 11 is 0. The topological polar surface area (TPSA) is 23.8 Å². The fraction of sp³-hybridized carbons (Fsp3) is 0.909. The number of hydrogen-bond acceptors (Lipinski definition) is 1. The van der Waals surface area contributed by atoms with E-state index in [0.29, 0.717) is 17.8 Å². The highest BCUT2D eigenvalue weighted by molar-refractivity contribution is 4.94. The van der Waals surface area contributed by atoms with Crippen LogP contribution in [-0.4, -0.2) is 0 Å². The number of rotatable bonds is 1. The molecule has 1 nitrogen and oxygen atoms in total. The van der Waals surface area contributed by atoms with Gasteiger partial charge >= 0.3 is 0 Å². The first kappa shape index (κ1) is 9.58. The molecule has 0 N–H and O–H groups in total. The van der Waals surface area contributed by atoms with Gasteiger partial charge in [-0.15, -0.1) is 0 Å². The van der Waals surface area contributed by atoms with Crippen molar-refractivity contribution in [2.75, 3.05) is 0 Å². The largest absolute Gasteiger partial charge is 0.198 e. The summed E-state index contributed by atoms with van der Waals surface area (Å²) in [5, 5.41) is 8.98. The molecule has 1 rings (SSSR count). The Labute approximate surface area is 75.8 Å². The van der Waals surface area contributed by atoms with Gasteiger partial charge in [0.2, 0.25) is 0 Å². The van der Waals surface area contributed by atoms with Crippen molar-refractivity contribution >= 4 is 0 Å². The van der Waals surface area contributed by atoms with Crippen LogP contribution in [0.5, 0.6) is 0 Å². The first-order chi connectivity index (χ1) is 5.66. The lowest BCUT2D eigenvalue weighted by atomic mass is 9.68. The Morgan fingerprint density at radius 3 is 2.42 bits per heavy atom. The van der Waals surface area contributed by atoms with E-state index in [-0.39, 0.29) is 0 Å². The average molecular weight is 165 g/mol. The zero-order chi connectivity index (χ0) is 9.14. The van der Waals surface area contributed by atoms with Crippen LogP contribution in [0.2, 0.25) is 0 Å². The molecule has 12 heavy (non-hydrogen) atoms. The van der Waals surface area contributed by atoms with Gasteiger partial charge in [-0.05, 0) is 24.2 Å². The molecule has 0 heterocycles. The third-order valence-electron chi connectivity index (χ3n) is 3.23. The van der Waals surface area contributed by atoms with Crippen molar-refractivity contribution in [2.45, 2.75) is 40.0 Å². The molecule has 3 unspecified atom stereocenters. The van der Waals surface area contributed by atoms with Gasteiger partial charge < -0.3 is 0 Å². The first-order valence-electron chi connectivity index (χ1n) is 5.06. The molecule has 0 saturated heterocycles. The molecule has 3 atom stereocenters. The second kappa shape index (κ2) is 3.94. The molecule has 0 radical (unpaired) electrons. The predicted molar refractivity (Wildman–Crippen MR) is 50.4 cm³/mol. The van der Waals surface area contributed by atoms with Crippen molar-refractivity contribution in [1.82, 2.24) is 0 Å². The van der Waals surface area contributed by atoms with Crippen molar-refractivity contribution in [3.63, 3.8) is 0 Å². The summed E-state index contributed by atoms with van der Waals surface area (Å²) in [5.74, 6) is 2.39. The van der Waals surface area contributed by atoms with Crippen LogP contribution in [0.3, 0.4) is 0 Å². The van der Waals surface area contributed by atoms with Gasteiger partial charge in [-0.25, -0.2) is 0 Å². The molecule has 0 aliphatic heterocycles. The van der Waals surface area contributed by atoms with Crippen LogP contribution in [0.15, 0.2) is 0 Å². The summed E-state index contributed by atoms with van der Waals surface area (Å²) in [5.41, 5.74) is 0. The fourth-order valence-electron chi connectivity index (χ4n) is 2.71. The Bertz CT molecular complexity index is 178. The number of nitrogens with zero attached hydrogens (tertiary/aromatic N) is 1. The monoisotopic (exact) mass is 165 g/mol. The lowest BCUT2D eigenvalue weighted by Crippen LogP contribution is -2.29. The summed E-state index contributed by atoms with van der Waals surface area (Å²) in [6.45, 7) is 6.79. The molecule has 0 amide bonds. The lowest BCUT2D eigenvalue weighted by Gasteiger charge is -2.35. The van der Waals surface area contributed by atoms with Crippen LogP contribution in [0.25, 0.3) is 0 Å². The molecule has 0 bridgehead atoms. The van der Waals surface area contributed by atoms with Crippen molar-refractivity contribution in [2.24, 2.45) is 23.7 Å². The Balaban J connectivity index is 2.67. The van der Waals surface area contributed by atoms with Crippen LogP contribution < -0.4 is 0 Å². The SMILES string of the molecule is CC(C)C1C(C)CCCC1C#N. The molecule has 0 aromatic carbocycles. The summed E-state index contributed by atoms with van der Waals surface area (Å²) in [6.07, 6.45) is 3.70. The minimum atomic E-state index is 0.328. The van der Waals surface area contributed by atoms with E-state index >= 15 is 0 Å². The van der Waals surface area contributed by atoms with Crippen LogP contribution in [0.4, 0.5) is 0 Å². The average Bonchev–Trinajstić information content (AvgIpc) is 2.03. The highest BCUT2D eigenvalue weighted by Gasteiger charge is 2.32. The summed E-state index contributed by atoms with van der Waals surface area (Å²) in [7, 11) is 0. The zero-order valence-corrected chi connectivity index (χ0v) is 8.38. The molecule has 68 valence electrons. The summed E-state index contributed by atoms with van der Waals surface area (Å²) in [6, 6.07) is 2.47. The van der Waals surface area contributed by atoms with E-state index in [1.54, 1.807) is 0 Å². The Morgan fingerprint density at radius 1 is 1.33 bits per heavy atom. The van der Waals surface area contributed by atoms with E-state index in [4.69, 9.17) is 5.26 Å². The highest BCUT2D eigenvalue weighted by atomic mass is 14.4. The second-order valence-corrected chi connectivity index (χ2v) is 4.47. The van der Waals surface area contributed by atoms with E-state index in [9.17, 15) is 0 Å². The minimum Gasteiger partial charge on any atom is -0.198 e. The maximum absolute atomic E-state index is 8.98. The van der Waals surface area contributed by atoms with Gasteiger partial charge in [0.25, 0.3) is 0 Å². The van der Waals surface area contributed by atoms with Gasteiger partial charge in [0.15, 0.2) is 0 Å². The number of hydrogen-bond donors (Lipinski definition) is 0. The molecule has 0 aromatic rings. The van der Waals surface area contributed by atoms with Crippen molar-refractivity contribution < 1.29 is 0 Å². The smallest absolute Gasteiger partial charge is 0.0658 e. The molecule has 0 spiro atoms. The van der Waals surface area contributed by atoms with Crippen molar-refractivity contribution in [3.8, 4) is 6.07 Å². The van der Waals surface area contributed by atoms with Gasteiger partial charge in [-0.1, -0.05) is 33.6 Å². The van der Waals surface area contributed by atoms with Crippen molar-refractivity contribution in [3.05, 3.63) is 0 Å². The summed E-state index contributed by atoms with van der Waals surface area (Å²) < 4.78 is 0. The van der Waals surface area contributed by atoms with Crippen LogP contribution in [0, 0.1) is 35.0 Å². The van der Waals surface area contributed by atoms with E-state index in [1.165, 1.54) is 12.8 Å². The van der Waals surface area contributed by atoms with Gasteiger partial charge in [0.1, 0.15) is 0 Å². The first-order valence-corrected chi connectivity index (χ1v) is 5.06. The fourth-order valence-corrected chi connectivity index (χ4v) is 2.71. The molecule has 0 aromatic heterocycles. The quantitative estimate of drug-likeness (QED) is 0.585. The molecular weight excluding hydrogens is 146 g/mol. The Hall–Kier alpha value is -0.510. The van der Waals surface area contributed by atoms with E-state index in [1.807, 2.05) is 0 Å². The van der Waals surface area contributed by atoms with E-state index < -0.39 is 0 Å². The van der Waals surface area contributed by atoms with E-state index in [2.05, 4.69) is 26.8 Å². The molecule has 1 fully saturated rings. The summed E-state index contributed by atoms with van der Waals surface area (Å²) in [4.78, 5) is 0. The van der Waals surface area contributed by atoms with Crippen molar-refractivity contribution in [1.29, 1.82) is 5.26 Å². The Morgan fingerprint density at radius 2 is 2.00 bits per heavy atom. The number of nitriles is 1. The molecule has 1 aliphatic carbocycles. The van der Waals surface area contributed by atoms with Crippen LogP contribution >= 0.6 is 0 Å². The van der Waals surface area contributed by atoms with Gasteiger partial charge in [-0.3, -0.25) is 0 Å². The minimum absolute atomic E-state index is 0.328. The molecular formula is C11H19N. The highest BCUT2D eigenvalue weighted by Crippen LogP contribution is 2.38. The van der Waals surface area contributed by atoms with Gasteiger partial charge in [0, 0.05) is 5.92 Å². The Kier molecular flexibility index (Phi) is 3.14. The standard InChI is InChI=1S/C11H19N/c1-8(2)11-9(3)5-4-6-10(11)7-12/h8-11H,4-6H2,1-3H3. The van der Waals surface area contributed by atoms with E-state index in [0.717, 1.165) is 12.3 Å². The molecule has 1 saturated carbocycles. The van der Waals surface area contributed by atoms with Gasteiger partial charge in [-0.2, -0.15) is 5.26 Å². The van der Waals surface area contributed by atoms with Crippen LogP contribution in [-0.2, 0) is 0 Å². The van der Waals surface area contributed by atoms with Crippen LogP contribution in [0.1, 0.15) is 40.0 Å². The molecule has 1 heteroatoms. The van der Waals surface area contributed by atoms with Gasteiger partial charge in [0.05, 0.1) is 6.07 Å². The maximum atomic E-state index is 8.98. The third-order valence-corrected chi connectivity index (χ3v) is 3.23. The molecule has 1 aliphatic rings.